The zero-order chi connectivity index (χ0) is 17.8. The van der Waals surface area contributed by atoms with Crippen LogP contribution in [0.3, 0.4) is 0 Å². The molecule has 0 bridgehead atoms. The van der Waals surface area contributed by atoms with Gasteiger partial charge in [0.2, 0.25) is 0 Å². The molecule has 24 heavy (non-hydrogen) atoms. The van der Waals surface area contributed by atoms with Gasteiger partial charge in [-0.1, -0.05) is 11.6 Å². The lowest BCUT2D eigenvalue weighted by Gasteiger charge is -2.13. The summed E-state index contributed by atoms with van der Waals surface area (Å²) in [5, 5.41) is 0.631. The van der Waals surface area contributed by atoms with Gasteiger partial charge in [0, 0.05) is 18.5 Å². The maximum absolute atomic E-state index is 12.9. The summed E-state index contributed by atoms with van der Waals surface area (Å²) in [7, 11) is 0.946. The number of halogens is 4. The summed E-state index contributed by atoms with van der Waals surface area (Å²) in [6.45, 7) is 1.75. The van der Waals surface area contributed by atoms with Gasteiger partial charge in [0.1, 0.15) is 17.6 Å². The molecule has 0 saturated heterocycles. The van der Waals surface area contributed by atoms with E-state index in [1.54, 1.807) is 19.1 Å². The average Bonchev–Trinajstić information content (AvgIpc) is 2.86. The summed E-state index contributed by atoms with van der Waals surface area (Å²) in [5.41, 5.74) is -2.54. The highest BCUT2D eigenvalue weighted by Gasteiger charge is 2.35. The van der Waals surface area contributed by atoms with Gasteiger partial charge in [-0.15, -0.1) is 0 Å². The molecule has 0 amide bonds. The van der Waals surface area contributed by atoms with Crippen LogP contribution < -0.4 is 11.2 Å². The first-order valence-electron chi connectivity index (χ1n) is 6.69. The van der Waals surface area contributed by atoms with Crippen LogP contribution in [0.5, 0.6) is 0 Å². The Morgan fingerprint density at radius 2 is 1.83 bits per heavy atom. The lowest BCUT2D eigenvalue weighted by Crippen LogP contribution is -2.40. The molecule has 0 spiro atoms. The fourth-order valence-electron chi connectivity index (χ4n) is 2.51. The lowest BCUT2D eigenvalue weighted by molar-refractivity contribution is -0.144. The summed E-state index contributed by atoms with van der Waals surface area (Å²) in [4.78, 5) is 24.5. The number of rotatable bonds is 1. The largest absolute Gasteiger partial charge is 0.460 e. The second-order valence-corrected chi connectivity index (χ2v) is 5.69. The van der Waals surface area contributed by atoms with Crippen LogP contribution in [0.2, 0.25) is 5.02 Å². The number of nitrogens with zero attached hydrogens (tertiary/aromatic N) is 2. The van der Waals surface area contributed by atoms with E-state index in [0.717, 1.165) is 18.9 Å². The monoisotopic (exact) mass is 358 g/mol. The summed E-state index contributed by atoms with van der Waals surface area (Å²) in [5.74, 6) is 0. The first kappa shape index (κ1) is 16.4. The molecular formula is C15H10ClF3N2O3. The number of furan rings is 1. The Balaban J connectivity index is 2.39. The van der Waals surface area contributed by atoms with Gasteiger partial charge in [0.15, 0.2) is 5.58 Å². The van der Waals surface area contributed by atoms with Crippen LogP contribution in [0.25, 0.3) is 16.7 Å². The zero-order valence-electron chi connectivity index (χ0n) is 12.4. The second kappa shape index (κ2) is 5.27. The highest BCUT2D eigenvalue weighted by atomic mass is 35.5. The normalized spacial score (nSPS) is 12.1. The van der Waals surface area contributed by atoms with Gasteiger partial charge in [-0.05, 0) is 24.6 Å². The Morgan fingerprint density at radius 1 is 1.17 bits per heavy atom. The fourth-order valence-corrected chi connectivity index (χ4v) is 2.83. The molecule has 2 heterocycles. The van der Waals surface area contributed by atoms with Crippen LogP contribution in [-0.2, 0) is 13.2 Å². The van der Waals surface area contributed by atoms with Crippen molar-refractivity contribution in [3.05, 3.63) is 61.6 Å². The molecule has 1 aromatic carbocycles. The predicted octanol–water partition coefficient (Wildman–Crippen LogP) is 3.26. The van der Waals surface area contributed by atoms with Crippen LogP contribution >= 0.6 is 11.6 Å². The van der Waals surface area contributed by atoms with Crippen molar-refractivity contribution < 1.29 is 17.6 Å². The van der Waals surface area contributed by atoms with Crippen molar-refractivity contribution in [2.45, 2.75) is 13.1 Å². The molecule has 3 aromatic rings. The van der Waals surface area contributed by atoms with Crippen molar-refractivity contribution in [1.29, 1.82) is 0 Å². The maximum Gasteiger partial charge on any atom is 0.431 e. The van der Waals surface area contributed by atoms with Crippen molar-refractivity contribution in [2.75, 3.05) is 0 Å². The Bertz CT molecular complexity index is 1080. The van der Waals surface area contributed by atoms with Crippen LogP contribution in [-0.4, -0.2) is 9.13 Å². The lowest BCUT2D eigenvalue weighted by atomic mass is 10.1. The standard InChI is InChI=1S/C15H10ClF3N2O3/c1-7-3-8-10(6-24-13(8)9(16)4-7)21-12(22)5-11(15(17,18)19)20(2)14(21)23/h3-6H,1-2H3. The molecule has 2 aromatic heterocycles. The third kappa shape index (κ3) is 2.43. The molecule has 0 N–H and O–H groups in total. The van der Waals surface area contributed by atoms with E-state index in [2.05, 4.69) is 0 Å². The third-order valence-electron chi connectivity index (χ3n) is 3.60. The van der Waals surface area contributed by atoms with Crippen molar-refractivity contribution >= 4 is 22.6 Å². The highest BCUT2D eigenvalue weighted by molar-refractivity contribution is 6.35. The Kier molecular flexibility index (Phi) is 3.60. The summed E-state index contributed by atoms with van der Waals surface area (Å²) in [6.07, 6.45) is -3.70. The highest BCUT2D eigenvalue weighted by Crippen LogP contribution is 2.31. The van der Waals surface area contributed by atoms with E-state index in [-0.39, 0.29) is 16.3 Å². The topological polar surface area (TPSA) is 57.1 Å². The van der Waals surface area contributed by atoms with Gasteiger partial charge in [-0.2, -0.15) is 13.2 Å². The maximum atomic E-state index is 12.9. The molecule has 5 nitrogen and oxygen atoms in total. The van der Waals surface area contributed by atoms with Gasteiger partial charge in [-0.25, -0.2) is 9.36 Å². The molecule has 3 rings (SSSR count). The number of hydrogen-bond acceptors (Lipinski definition) is 3. The van der Waals surface area contributed by atoms with Gasteiger partial charge >= 0.3 is 11.9 Å². The predicted molar refractivity (Wildman–Crippen MR) is 81.8 cm³/mol. The van der Waals surface area contributed by atoms with E-state index >= 15 is 0 Å². The molecule has 0 atom stereocenters. The minimum Gasteiger partial charge on any atom is -0.460 e. The summed E-state index contributed by atoms with van der Waals surface area (Å²) >= 11 is 6.05. The minimum absolute atomic E-state index is 0.0370. The van der Waals surface area contributed by atoms with Gasteiger partial charge < -0.3 is 4.42 Å². The molecule has 0 aliphatic carbocycles. The van der Waals surface area contributed by atoms with Crippen LogP contribution in [0.4, 0.5) is 13.2 Å². The fraction of sp³-hybridized carbons (Fsp3) is 0.200. The third-order valence-corrected chi connectivity index (χ3v) is 3.88. The Hall–Kier alpha value is -2.48. The van der Waals surface area contributed by atoms with Crippen molar-refractivity contribution in [3.63, 3.8) is 0 Å². The van der Waals surface area contributed by atoms with E-state index < -0.39 is 23.1 Å². The van der Waals surface area contributed by atoms with Crippen LogP contribution in [0, 0.1) is 6.92 Å². The first-order chi connectivity index (χ1) is 11.1. The molecule has 126 valence electrons. The molecule has 9 heteroatoms. The number of alkyl halides is 3. The average molecular weight is 359 g/mol. The first-order valence-corrected chi connectivity index (χ1v) is 7.07. The van der Waals surface area contributed by atoms with E-state index in [9.17, 15) is 22.8 Å². The Morgan fingerprint density at radius 3 is 2.46 bits per heavy atom. The quantitative estimate of drug-likeness (QED) is 0.671. The van der Waals surface area contributed by atoms with Crippen molar-refractivity contribution in [3.8, 4) is 5.69 Å². The molecule has 0 unspecified atom stereocenters. The van der Waals surface area contributed by atoms with Crippen LogP contribution in [0.15, 0.2) is 38.5 Å². The van der Waals surface area contributed by atoms with Crippen LogP contribution in [0.1, 0.15) is 11.3 Å². The van der Waals surface area contributed by atoms with E-state index in [0.29, 0.717) is 20.6 Å². The number of aryl methyl sites for hydroxylation is 1. The smallest absolute Gasteiger partial charge is 0.431 e. The minimum atomic E-state index is -4.81. The number of aromatic nitrogens is 2. The zero-order valence-corrected chi connectivity index (χ0v) is 13.2. The molecule has 0 aliphatic rings. The van der Waals surface area contributed by atoms with E-state index in [4.69, 9.17) is 16.0 Å². The summed E-state index contributed by atoms with van der Waals surface area (Å²) < 4.78 is 45.0. The SMILES string of the molecule is Cc1cc(Cl)c2occ(-n3c(=O)cc(C(F)(F)F)n(C)c3=O)c2c1. The number of hydrogen-bond donors (Lipinski definition) is 0. The van der Waals surface area contributed by atoms with E-state index in [1.807, 2.05) is 0 Å². The van der Waals surface area contributed by atoms with Gasteiger partial charge in [-0.3, -0.25) is 9.36 Å². The molecule has 0 radical (unpaired) electrons. The molecule has 0 saturated carbocycles. The molecular weight excluding hydrogens is 349 g/mol. The van der Waals surface area contributed by atoms with Gasteiger partial charge in [0.25, 0.3) is 5.56 Å². The van der Waals surface area contributed by atoms with Crippen molar-refractivity contribution in [2.24, 2.45) is 7.05 Å². The second-order valence-electron chi connectivity index (χ2n) is 5.29. The molecule has 0 fully saturated rings. The number of fused-ring (bicyclic) bond motifs is 1. The van der Waals surface area contributed by atoms with E-state index in [1.165, 1.54) is 0 Å². The molecule has 0 aliphatic heterocycles. The number of benzene rings is 1. The van der Waals surface area contributed by atoms with Gasteiger partial charge in [0.05, 0.1) is 5.02 Å². The Labute approximate surface area is 137 Å². The van der Waals surface area contributed by atoms with Crippen molar-refractivity contribution in [1.82, 2.24) is 9.13 Å². The summed E-state index contributed by atoms with van der Waals surface area (Å²) in [6, 6.07) is 3.63.